The van der Waals surface area contributed by atoms with E-state index in [0.717, 1.165) is 0 Å². The molecule has 2 aromatic carbocycles. The minimum atomic E-state index is -0.520. The monoisotopic (exact) mass is 407 g/mol. The number of thiocarbonyl (C=S) groups is 1. The van der Waals surface area contributed by atoms with E-state index in [1.54, 1.807) is 24.3 Å². The summed E-state index contributed by atoms with van der Waals surface area (Å²) in [6.07, 6.45) is 2.72. The van der Waals surface area contributed by atoms with Gasteiger partial charge in [0.05, 0.1) is 5.02 Å². The van der Waals surface area contributed by atoms with Gasteiger partial charge in [0.1, 0.15) is 11.6 Å². The number of nitrogens with one attached hydrogen (secondary N) is 3. The van der Waals surface area contributed by atoms with Gasteiger partial charge in [-0.3, -0.25) is 25.8 Å². The van der Waals surface area contributed by atoms with Gasteiger partial charge in [-0.25, -0.2) is 4.39 Å². The van der Waals surface area contributed by atoms with Gasteiger partial charge in [0.15, 0.2) is 11.7 Å². The molecule has 0 saturated heterocycles. The maximum absolute atomic E-state index is 12.8. The minimum Gasteiger partial charge on any atom is -0.482 e. The first-order valence-electron chi connectivity index (χ1n) is 7.65. The summed E-state index contributed by atoms with van der Waals surface area (Å²) in [5.74, 6) is -1.03. The van der Waals surface area contributed by atoms with Gasteiger partial charge in [-0.2, -0.15) is 0 Å². The van der Waals surface area contributed by atoms with Crippen LogP contribution in [0.5, 0.6) is 5.75 Å². The fraction of sp³-hybridized carbons (Fsp3) is 0.0556. The zero-order valence-corrected chi connectivity index (χ0v) is 15.4. The molecule has 0 aliphatic rings. The smallest absolute Gasteiger partial charge is 0.276 e. The molecule has 140 valence electrons. The third kappa shape index (κ3) is 7.43. The summed E-state index contributed by atoms with van der Waals surface area (Å²) < 4.78 is 18.1. The second-order valence-electron chi connectivity index (χ2n) is 5.10. The molecule has 3 N–H and O–H groups in total. The van der Waals surface area contributed by atoms with Crippen molar-refractivity contribution in [1.82, 2.24) is 16.2 Å². The molecule has 0 unspecified atom stereocenters. The van der Waals surface area contributed by atoms with E-state index in [0.29, 0.717) is 16.3 Å². The summed E-state index contributed by atoms with van der Waals surface area (Å²) in [5, 5.41) is 2.63. The van der Waals surface area contributed by atoms with Gasteiger partial charge >= 0.3 is 0 Å². The van der Waals surface area contributed by atoms with E-state index in [2.05, 4.69) is 16.2 Å². The van der Waals surface area contributed by atoms with Gasteiger partial charge in [-0.15, -0.1) is 0 Å². The van der Waals surface area contributed by atoms with Crippen LogP contribution in [0.3, 0.4) is 0 Å². The second kappa shape index (κ2) is 10.2. The first kappa shape index (κ1) is 20.3. The van der Waals surface area contributed by atoms with Gasteiger partial charge in [0.2, 0.25) is 5.91 Å². The lowest BCUT2D eigenvalue weighted by molar-refractivity contribution is -0.123. The van der Waals surface area contributed by atoms with Crippen LogP contribution < -0.4 is 20.9 Å². The summed E-state index contributed by atoms with van der Waals surface area (Å²) in [4.78, 5) is 23.4. The molecule has 0 saturated carbocycles. The second-order valence-corrected chi connectivity index (χ2v) is 5.91. The first-order valence-corrected chi connectivity index (χ1v) is 8.43. The average Bonchev–Trinajstić information content (AvgIpc) is 2.65. The van der Waals surface area contributed by atoms with E-state index >= 15 is 0 Å². The van der Waals surface area contributed by atoms with Crippen LogP contribution in [0.2, 0.25) is 5.02 Å². The fourth-order valence-corrected chi connectivity index (χ4v) is 2.14. The summed E-state index contributed by atoms with van der Waals surface area (Å²) in [5.41, 5.74) is 5.30. The van der Waals surface area contributed by atoms with Crippen LogP contribution in [0.1, 0.15) is 5.56 Å². The van der Waals surface area contributed by atoms with Crippen molar-refractivity contribution in [3.8, 4) is 5.75 Å². The molecule has 0 atom stereocenters. The number of halogens is 2. The lowest BCUT2D eigenvalue weighted by Crippen LogP contribution is -2.49. The lowest BCUT2D eigenvalue weighted by Gasteiger charge is -2.11. The molecule has 2 rings (SSSR count). The molecular formula is C18H15ClFN3O3S. The Morgan fingerprint density at radius 3 is 2.52 bits per heavy atom. The fourth-order valence-electron chi connectivity index (χ4n) is 1.80. The van der Waals surface area contributed by atoms with Gasteiger partial charge in [0.25, 0.3) is 5.91 Å². The molecule has 27 heavy (non-hydrogen) atoms. The Bertz CT molecular complexity index is 859. The number of amides is 2. The molecule has 0 aromatic heterocycles. The highest BCUT2D eigenvalue weighted by Gasteiger charge is 2.06. The molecule has 0 radical (unpaired) electrons. The largest absolute Gasteiger partial charge is 0.482 e. The summed E-state index contributed by atoms with van der Waals surface area (Å²) in [6, 6.07) is 12.3. The maximum atomic E-state index is 12.8. The van der Waals surface area contributed by atoms with Crippen LogP contribution in [0, 0.1) is 5.82 Å². The van der Waals surface area contributed by atoms with Crippen molar-refractivity contribution >= 4 is 46.8 Å². The summed E-state index contributed by atoms with van der Waals surface area (Å²) in [7, 11) is 0. The van der Waals surface area contributed by atoms with Crippen molar-refractivity contribution in [1.29, 1.82) is 0 Å². The maximum Gasteiger partial charge on any atom is 0.276 e. The van der Waals surface area contributed by atoms with Crippen LogP contribution in [0.25, 0.3) is 6.08 Å². The standard InChI is InChI=1S/C18H15ClFN3O3S/c19-14-3-1-2-4-15(14)26-11-17(25)22-23-18(27)21-16(24)10-7-12-5-8-13(20)9-6-12/h1-10H,11H2,(H,22,25)(H2,21,23,24,27). The molecule has 0 aliphatic carbocycles. The van der Waals surface area contributed by atoms with Crippen LogP contribution in [0.15, 0.2) is 54.6 Å². The molecule has 0 heterocycles. The number of hydrogen-bond donors (Lipinski definition) is 3. The van der Waals surface area contributed by atoms with Crippen molar-refractivity contribution in [2.24, 2.45) is 0 Å². The Hall–Kier alpha value is -2.97. The molecule has 0 fully saturated rings. The van der Waals surface area contributed by atoms with Crippen molar-refractivity contribution in [2.45, 2.75) is 0 Å². The number of hydrogen-bond acceptors (Lipinski definition) is 4. The van der Waals surface area contributed by atoms with Crippen LogP contribution >= 0.6 is 23.8 Å². The van der Waals surface area contributed by atoms with E-state index in [1.165, 1.54) is 36.4 Å². The van der Waals surface area contributed by atoms with Crippen LogP contribution in [0.4, 0.5) is 4.39 Å². The highest BCUT2D eigenvalue weighted by Crippen LogP contribution is 2.22. The van der Waals surface area contributed by atoms with Crippen LogP contribution in [-0.2, 0) is 9.59 Å². The van der Waals surface area contributed by atoms with Crippen molar-refractivity contribution in [3.63, 3.8) is 0 Å². The predicted octanol–water partition coefficient (Wildman–Crippen LogP) is 2.59. The Morgan fingerprint density at radius 2 is 1.81 bits per heavy atom. The number of hydrazine groups is 1. The Balaban J connectivity index is 1.70. The third-order valence-electron chi connectivity index (χ3n) is 3.04. The quantitative estimate of drug-likeness (QED) is 0.403. The third-order valence-corrected chi connectivity index (χ3v) is 3.56. The van der Waals surface area contributed by atoms with E-state index in [9.17, 15) is 14.0 Å². The Kier molecular flexibility index (Phi) is 7.72. The van der Waals surface area contributed by atoms with E-state index in [4.69, 9.17) is 28.6 Å². The molecule has 0 bridgehead atoms. The minimum absolute atomic E-state index is 0.102. The molecular weight excluding hydrogens is 393 g/mol. The lowest BCUT2D eigenvalue weighted by atomic mass is 10.2. The molecule has 0 spiro atoms. The average molecular weight is 408 g/mol. The molecule has 9 heteroatoms. The van der Waals surface area contributed by atoms with Crippen molar-refractivity contribution in [2.75, 3.05) is 6.61 Å². The molecule has 2 amide bonds. The van der Waals surface area contributed by atoms with Gasteiger partial charge in [-0.1, -0.05) is 35.9 Å². The Morgan fingerprint density at radius 1 is 1.11 bits per heavy atom. The Labute approximate surface area is 165 Å². The van der Waals surface area contributed by atoms with E-state index in [1.807, 2.05) is 0 Å². The van der Waals surface area contributed by atoms with E-state index < -0.39 is 11.8 Å². The summed E-state index contributed by atoms with van der Waals surface area (Å²) >= 11 is 10.8. The number of para-hydroxylation sites is 1. The van der Waals surface area contributed by atoms with Gasteiger partial charge in [-0.05, 0) is 48.1 Å². The van der Waals surface area contributed by atoms with Gasteiger partial charge in [0, 0.05) is 6.08 Å². The molecule has 6 nitrogen and oxygen atoms in total. The zero-order valence-electron chi connectivity index (χ0n) is 13.9. The van der Waals surface area contributed by atoms with Crippen LogP contribution in [-0.4, -0.2) is 23.5 Å². The SMILES string of the molecule is O=C(C=Cc1ccc(F)cc1)NC(=S)NNC(=O)COc1ccccc1Cl. The number of carbonyl (C=O) groups excluding carboxylic acids is 2. The molecule has 0 aliphatic heterocycles. The molecule has 2 aromatic rings. The highest BCUT2D eigenvalue weighted by atomic mass is 35.5. The normalized spacial score (nSPS) is 10.3. The number of benzene rings is 2. The first-order chi connectivity index (χ1) is 12.9. The topological polar surface area (TPSA) is 79.5 Å². The highest BCUT2D eigenvalue weighted by molar-refractivity contribution is 7.80. The van der Waals surface area contributed by atoms with E-state index in [-0.39, 0.29) is 17.5 Å². The predicted molar refractivity (Wildman–Crippen MR) is 104 cm³/mol. The number of ether oxygens (including phenoxy) is 1. The van der Waals surface area contributed by atoms with Gasteiger partial charge < -0.3 is 4.74 Å². The van der Waals surface area contributed by atoms with Crippen molar-refractivity contribution in [3.05, 3.63) is 71.0 Å². The number of carbonyl (C=O) groups is 2. The number of rotatable bonds is 5. The van der Waals surface area contributed by atoms with Crippen molar-refractivity contribution < 1.29 is 18.7 Å². The summed E-state index contributed by atoms with van der Waals surface area (Å²) in [6.45, 7) is -0.294. The zero-order chi connectivity index (χ0) is 19.6.